The number of hydrogen-bond donors (Lipinski definition) is 0. The van der Waals surface area contributed by atoms with Crippen LogP contribution in [0, 0.1) is 6.57 Å². The minimum Gasteiger partial charge on any atom is -0.238 e. The standard InChI is InChI=1S/C47H32N4/c1-47(2)40-29-35(26-28-38(40)39-19-12-20-41(48-3)43(39)47)30-21-23-32(24-22-30)37-27-25-31-13-10-11-18-36(31)42(37)46-50-44(33-14-6-4-7-15-33)49-45(51-46)34-16-8-5-9-17-34/h4-29H,1-2H3. The van der Waals surface area contributed by atoms with E-state index >= 15 is 0 Å². The van der Waals surface area contributed by atoms with Crippen LogP contribution in [-0.2, 0) is 5.41 Å². The van der Waals surface area contributed by atoms with Crippen molar-refractivity contribution in [1.29, 1.82) is 0 Å². The fourth-order valence-electron chi connectivity index (χ4n) is 7.64. The highest BCUT2D eigenvalue weighted by molar-refractivity contribution is 6.03. The topological polar surface area (TPSA) is 43.0 Å². The summed E-state index contributed by atoms with van der Waals surface area (Å²) in [6.45, 7) is 12.3. The monoisotopic (exact) mass is 652 g/mol. The van der Waals surface area contributed by atoms with E-state index in [1.165, 1.54) is 16.7 Å². The molecule has 51 heavy (non-hydrogen) atoms. The van der Waals surface area contributed by atoms with E-state index < -0.39 is 0 Å². The summed E-state index contributed by atoms with van der Waals surface area (Å²) in [5.41, 5.74) is 12.5. The Morgan fingerprint density at radius 1 is 0.471 bits per heavy atom. The first-order chi connectivity index (χ1) is 25.0. The molecule has 0 N–H and O–H groups in total. The fourth-order valence-corrected chi connectivity index (χ4v) is 7.64. The summed E-state index contributed by atoms with van der Waals surface area (Å²) in [4.78, 5) is 19.1. The van der Waals surface area contributed by atoms with Gasteiger partial charge in [-0.3, -0.25) is 0 Å². The highest BCUT2D eigenvalue weighted by atomic mass is 15.0. The molecule has 1 aromatic heterocycles. The van der Waals surface area contributed by atoms with Crippen molar-refractivity contribution in [3.8, 4) is 67.5 Å². The molecule has 4 heteroatoms. The Labute approximate surface area is 297 Å². The molecule has 0 unspecified atom stereocenters. The van der Waals surface area contributed by atoms with Crippen LogP contribution in [0.2, 0.25) is 0 Å². The molecule has 4 nitrogen and oxygen atoms in total. The molecular weight excluding hydrogens is 621 g/mol. The molecule has 9 rings (SSSR count). The molecular formula is C47H32N4. The third-order valence-electron chi connectivity index (χ3n) is 10.2. The van der Waals surface area contributed by atoms with E-state index in [0.717, 1.165) is 61.0 Å². The second-order valence-corrected chi connectivity index (χ2v) is 13.5. The van der Waals surface area contributed by atoms with Crippen LogP contribution in [-0.4, -0.2) is 15.0 Å². The average Bonchev–Trinajstić information content (AvgIpc) is 3.43. The lowest BCUT2D eigenvalue weighted by molar-refractivity contribution is 0.663. The zero-order valence-electron chi connectivity index (χ0n) is 28.3. The third-order valence-corrected chi connectivity index (χ3v) is 10.2. The average molecular weight is 653 g/mol. The first-order valence-corrected chi connectivity index (χ1v) is 17.2. The van der Waals surface area contributed by atoms with Gasteiger partial charge in [-0.15, -0.1) is 0 Å². The molecule has 1 aliphatic carbocycles. The van der Waals surface area contributed by atoms with E-state index in [-0.39, 0.29) is 5.41 Å². The van der Waals surface area contributed by atoms with Crippen LogP contribution in [0.1, 0.15) is 25.0 Å². The molecule has 8 aromatic rings. The third kappa shape index (κ3) is 5.10. The Morgan fingerprint density at radius 3 is 1.75 bits per heavy atom. The van der Waals surface area contributed by atoms with Crippen molar-refractivity contribution in [2.75, 3.05) is 0 Å². The Balaban J connectivity index is 1.17. The molecule has 0 saturated carbocycles. The Kier molecular flexibility index (Phi) is 7.15. The number of hydrogen-bond acceptors (Lipinski definition) is 3. The zero-order valence-corrected chi connectivity index (χ0v) is 28.3. The van der Waals surface area contributed by atoms with Crippen LogP contribution in [0.4, 0.5) is 5.69 Å². The second-order valence-electron chi connectivity index (χ2n) is 13.5. The smallest absolute Gasteiger partial charge is 0.191 e. The highest BCUT2D eigenvalue weighted by Gasteiger charge is 2.37. The van der Waals surface area contributed by atoms with Crippen molar-refractivity contribution < 1.29 is 0 Å². The van der Waals surface area contributed by atoms with Crippen molar-refractivity contribution in [3.05, 3.63) is 180 Å². The lowest BCUT2D eigenvalue weighted by atomic mass is 9.81. The quantitative estimate of drug-likeness (QED) is 0.174. The van der Waals surface area contributed by atoms with Gasteiger partial charge in [-0.05, 0) is 61.3 Å². The molecule has 1 heterocycles. The van der Waals surface area contributed by atoms with E-state index in [1.54, 1.807) is 0 Å². The molecule has 0 fully saturated rings. The normalized spacial score (nSPS) is 12.6. The van der Waals surface area contributed by atoms with Gasteiger partial charge in [0, 0.05) is 22.1 Å². The van der Waals surface area contributed by atoms with Crippen molar-refractivity contribution in [2.24, 2.45) is 0 Å². The van der Waals surface area contributed by atoms with Crippen LogP contribution in [0.15, 0.2) is 158 Å². The summed E-state index contributed by atoms with van der Waals surface area (Å²) in [7, 11) is 0. The molecule has 0 amide bonds. The van der Waals surface area contributed by atoms with E-state index in [9.17, 15) is 0 Å². The predicted molar refractivity (Wildman–Crippen MR) is 208 cm³/mol. The van der Waals surface area contributed by atoms with Crippen molar-refractivity contribution in [1.82, 2.24) is 15.0 Å². The summed E-state index contributed by atoms with van der Waals surface area (Å²) in [6, 6.07) is 54.6. The summed E-state index contributed by atoms with van der Waals surface area (Å²) in [5.74, 6) is 1.91. The Bertz CT molecular complexity index is 2600. The number of benzene rings is 7. The molecule has 0 aliphatic heterocycles. The van der Waals surface area contributed by atoms with Gasteiger partial charge in [0.15, 0.2) is 23.2 Å². The molecule has 7 aromatic carbocycles. The predicted octanol–water partition coefficient (Wildman–Crippen LogP) is 12.2. The van der Waals surface area contributed by atoms with Crippen LogP contribution < -0.4 is 0 Å². The summed E-state index contributed by atoms with van der Waals surface area (Å²) in [6.07, 6.45) is 0. The highest BCUT2D eigenvalue weighted by Crippen LogP contribution is 2.53. The van der Waals surface area contributed by atoms with E-state index in [4.69, 9.17) is 21.5 Å². The molecule has 240 valence electrons. The maximum Gasteiger partial charge on any atom is 0.191 e. The minimum atomic E-state index is -0.260. The van der Waals surface area contributed by atoms with Gasteiger partial charge >= 0.3 is 0 Å². The number of rotatable bonds is 5. The largest absolute Gasteiger partial charge is 0.238 e. The first-order valence-electron chi connectivity index (χ1n) is 17.2. The van der Waals surface area contributed by atoms with Gasteiger partial charge < -0.3 is 0 Å². The maximum absolute atomic E-state index is 7.79. The molecule has 0 spiro atoms. The lowest BCUT2D eigenvalue weighted by Gasteiger charge is -2.23. The number of nitrogens with zero attached hydrogens (tertiary/aromatic N) is 4. The Hall–Kier alpha value is -6.70. The van der Waals surface area contributed by atoms with Crippen LogP contribution >= 0.6 is 0 Å². The van der Waals surface area contributed by atoms with Crippen LogP contribution in [0.5, 0.6) is 0 Å². The van der Waals surface area contributed by atoms with Crippen molar-refractivity contribution in [3.63, 3.8) is 0 Å². The van der Waals surface area contributed by atoms with Crippen molar-refractivity contribution in [2.45, 2.75) is 19.3 Å². The van der Waals surface area contributed by atoms with Gasteiger partial charge in [0.25, 0.3) is 0 Å². The molecule has 0 atom stereocenters. The number of fused-ring (bicyclic) bond motifs is 4. The van der Waals surface area contributed by atoms with Gasteiger partial charge in [0.2, 0.25) is 0 Å². The maximum atomic E-state index is 7.79. The lowest BCUT2D eigenvalue weighted by Crippen LogP contribution is -2.15. The van der Waals surface area contributed by atoms with Gasteiger partial charge in [0.1, 0.15) is 0 Å². The van der Waals surface area contributed by atoms with E-state index in [2.05, 4.69) is 104 Å². The van der Waals surface area contributed by atoms with Crippen molar-refractivity contribution >= 4 is 16.5 Å². The van der Waals surface area contributed by atoms with E-state index in [0.29, 0.717) is 17.5 Å². The molecule has 0 saturated heterocycles. The molecule has 0 bridgehead atoms. The summed E-state index contributed by atoms with van der Waals surface area (Å²) >= 11 is 0. The van der Waals surface area contributed by atoms with Crippen LogP contribution in [0.25, 0.3) is 83.2 Å². The van der Waals surface area contributed by atoms with Gasteiger partial charge in [0.05, 0.1) is 6.57 Å². The molecule has 1 aliphatic rings. The minimum absolute atomic E-state index is 0.260. The summed E-state index contributed by atoms with van der Waals surface area (Å²) in [5, 5.41) is 2.21. The SMILES string of the molecule is [C-]#[N+]c1cccc2c1C(C)(C)c1cc(-c3ccc(-c4ccc5ccccc5c4-c4nc(-c5ccccc5)nc(-c5ccccc5)n4)cc3)ccc1-2. The zero-order chi connectivity index (χ0) is 34.5. The fraction of sp³-hybridized carbons (Fsp3) is 0.0638. The Morgan fingerprint density at radius 2 is 1.06 bits per heavy atom. The van der Waals surface area contributed by atoms with Gasteiger partial charge in [-0.2, -0.15) is 0 Å². The first kappa shape index (κ1) is 30.4. The second kappa shape index (κ2) is 12.0. The van der Waals surface area contributed by atoms with Crippen LogP contribution in [0.3, 0.4) is 0 Å². The number of aromatic nitrogens is 3. The molecule has 0 radical (unpaired) electrons. The van der Waals surface area contributed by atoms with E-state index in [1.807, 2.05) is 72.8 Å². The van der Waals surface area contributed by atoms with Gasteiger partial charge in [-0.25, -0.2) is 19.8 Å². The summed E-state index contributed by atoms with van der Waals surface area (Å²) < 4.78 is 0. The van der Waals surface area contributed by atoms with Gasteiger partial charge in [-0.1, -0.05) is 166 Å².